The minimum absolute atomic E-state index is 0.634. The molecule has 0 spiro atoms. The van der Waals surface area contributed by atoms with Gasteiger partial charge in [-0.15, -0.1) is 0 Å². The fourth-order valence-electron chi connectivity index (χ4n) is 2.39. The van der Waals surface area contributed by atoms with Crippen molar-refractivity contribution in [2.75, 3.05) is 31.6 Å². The molecule has 0 saturated carbocycles. The molecule has 2 rings (SSSR count). The van der Waals surface area contributed by atoms with E-state index in [1.807, 2.05) is 24.3 Å². The molecule has 0 amide bonds. The summed E-state index contributed by atoms with van der Waals surface area (Å²) in [6, 6.07) is 8.50. The van der Waals surface area contributed by atoms with Crippen molar-refractivity contribution in [1.82, 2.24) is 4.90 Å². The second-order valence-corrected chi connectivity index (χ2v) is 4.70. The normalized spacial score (nSPS) is 21.5. The van der Waals surface area contributed by atoms with Crippen LogP contribution in [0.25, 0.3) is 0 Å². The van der Waals surface area contributed by atoms with Crippen molar-refractivity contribution in [3.63, 3.8) is 0 Å². The van der Waals surface area contributed by atoms with Crippen LogP contribution in [0.3, 0.4) is 0 Å². The van der Waals surface area contributed by atoms with Gasteiger partial charge in [0, 0.05) is 36.9 Å². The van der Waals surface area contributed by atoms with Gasteiger partial charge >= 0.3 is 0 Å². The highest BCUT2D eigenvalue weighted by Gasteiger charge is 2.22. The molecule has 3 heteroatoms. The predicted molar refractivity (Wildman–Crippen MR) is 70.8 cm³/mol. The summed E-state index contributed by atoms with van der Waals surface area (Å²) in [7, 11) is 2.20. The van der Waals surface area contributed by atoms with E-state index in [1.165, 1.54) is 12.1 Å². The fraction of sp³-hybridized carbons (Fsp3) is 0.500. The van der Waals surface area contributed by atoms with Crippen molar-refractivity contribution in [1.29, 1.82) is 0 Å². The van der Waals surface area contributed by atoms with Crippen molar-refractivity contribution in [2.45, 2.75) is 19.4 Å². The molecule has 1 fully saturated rings. The molecule has 1 unspecified atom stereocenters. The fourth-order valence-corrected chi connectivity index (χ4v) is 2.39. The third-order valence-corrected chi connectivity index (χ3v) is 3.64. The lowest BCUT2D eigenvalue weighted by molar-refractivity contribution is 0.112. The van der Waals surface area contributed by atoms with E-state index in [4.69, 9.17) is 0 Å². The molecule has 0 aromatic heterocycles. The summed E-state index contributed by atoms with van der Waals surface area (Å²) < 4.78 is 0. The zero-order valence-electron chi connectivity index (χ0n) is 10.6. The highest BCUT2D eigenvalue weighted by Crippen LogP contribution is 2.19. The first-order valence-electron chi connectivity index (χ1n) is 6.25. The van der Waals surface area contributed by atoms with E-state index >= 15 is 0 Å². The summed E-state index contributed by atoms with van der Waals surface area (Å²) in [5, 5.41) is 0. The molecule has 1 heterocycles. The van der Waals surface area contributed by atoms with Crippen LogP contribution in [-0.2, 0) is 0 Å². The Morgan fingerprint density at radius 3 is 2.59 bits per heavy atom. The zero-order valence-corrected chi connectivity index (χ0v) is 10.6. The van der Waals surface area contributed by atoms with Crippen LogP contribution >= 0.6 is 0 Å². The lowest BCUT2D eigenvalue weighted by Gasteiger charge is -2.40. The largest absolute Gasteiger partial charge is 0.369 e. The van der Waals surface area contributed by atoms with E-state index in [2.05, 4.69) is 23.8 Å². The molecule has 92 valence electrons. The Bertz CT molecular complexity index is 374. The number of piperazine rings is 1. The summed E-state index contributed by atoms with van der Waals surface area (Å²) >= 11 is 0. The Balaban J connectivity index is 2.08. The van der Waals surface area contributed by atoms with Crippen molar-refractivity contribution in [3.8, 4) is 0 Å². The van der Waals surface area contributed by atoms with Crippen LogP contribution in [0, 0.1) is 0 Å². The summed E-state index contributed by atoms with van der Waals surface area (Å²) in [6.07, 6.45) is 2.07. The van der Waals surface area contributed by atoms with Gasteiger partial charge in [-0.2, -0.15) is 0 Å². The Morgan fingerprint density at radius 2 is 2.00 bits per heavy atom. The van der Waals surface area contributed by atoms with E-state index in [9.17, 15) is 4.79 Å². The maximum Gasteiger partial charge on any atom is 0.150 e. The van der Waals surface area contributed by atoms with Crippen molar-refractivity contribution >= 4 is 12.0 Å². The number of hydrogen-bond acceptors (Lipinski definition) is 3. The van der Waals surface area contributed by atoms with E-state index in [-0.39, 0.29) is 0 Å². The Labute approximate surface area is 103 Å². The number of anilines is 1. The molecular weight excluding hydrogens is 212 g/mol. The van der Waals surface area contributed by atoms with Crippen LogP contribution in [0.15, 0.2) is 24.3 Å². The molecule has 3 nitrogen and oxygen atoms in total. The summed E-state index contributed by atoms with van der Waals surface area (Å²) in [5.74, 6) is 0. The number of rotatable bonds is 3. The van der Waals surface area contributed by atoms with Crippen LogP contribution in [0.4, 0.5) is 5.69 Å². The van der Waals surface area contributed by atoms with Gasteiger partial charge in [0.1, 0.15) is 6.29 Å². The number of carbonyl (C=O) groups excluding carboxylic acids is 1. The molecule has 1 atom stereocenters. The van der Waals surface area contributed by atoms with Crippen LogP contribution in [-0.4, -0.2) is 43.9 Å². The highest BCUT2D eigenvalue weighted by molar-refractivity contribution is 5.75. The average molecular weight is 232 g/mol. The van der Waals surface area contributed by atoms with Crippen molar-refractivity contribution in [3.05, 3.63) is 29.8 Å². The molecule has 1 aromatic carbocycles. The Hall–Kier alpha value is -1.35. The summed E-state index contributed by atoms with van der Waals surface area (Å²) in [4.78, 5) is 15.4. The minimum atomic E-state index is 0.634. The number of aldehydes is 1. The number of nitrogens with zero attached hydrogens (tertiary/aromatic N) is 2. The SMILES string of the molecule is CCC1CN(c2ccc(C=O)cc2)CCN1C. The van der Waals surface area contributed by atoms with Crippen LogP contribution in [0.5, 0.6) is 0 Å². The van der Waals surface area contributed by atoms with Gasteiger partial charge < -0.3 is 4.90 Å². The summed E-state index contributed by atoms with van der Waals surface area (Å²) in [6.45, 7) is 5.48. The number of carbonyl (C=O) groups is 1. The molecular formula is C14H20N2O. The van der Waals surface area contributed by atoms with Crippen LogP contribution in [0.2, 0.25) is 0 Å². The molecule has 0 aliphatic carbocycles. The summed E-state index contributed by atoms with van der Waals surface area (Å²) in [5.41, 5.74) is 1.97. The maximum atomic E-state index is 10.6. The molecule has 1 saturated heterocycles. The number of likely N-dealkylation sites (N-methyl/N-ethyl adjacent to an activating group) is 1. The molecule has 0 N–H and O–H groups in total. The van der Waals surface area contributed by atoms with Crippen molar-refractivity contribution in [2.24, 2.45) is 0 Å². The van der Waals surface area contributed by atoms with Gasteiger partial charge in [-0.05, 0) is 37.7 Å². The van der Waals surface area contributed by atoms with Gasteiger partial charge in [-0.25, -0.2) is 0 Å². The lowest BCUT2D eigenvalue weighted by Crippen LogP contribution is -2.51. The Morgan fingerprint density at radius 1 is 1.29 bits per heavy atom. The van der Waals surface area contributed by atoms with Gasteiger partial charge in [0.2, 0.25) is 0 Å². The molecule has 1 aliphatic heterocycles. The third kappa shape index (κ3) is 2.67. The van der Waals surface area contributed by atoms with Gasteiger partial charge in [-0.3, -0.25) is 9.69 Å². The monoisotopic (exact) mass is 232 g/mol. The minimum Gasteiger partial charge on any atom is -0.369 e. The van der Waals surface area contributed by atoms with Crippen LogP contribution in [0.1, 0.15) is 23.7 Å². The molecule has 1 aromatic rings. The first-order valence-corrected chi connectivity index (χ1v) is 6.25. The highest BCUT2D eigenvalue weighted by atomic mass is 16.1. The second kappa shape index (κ2) is 5.32. The third-order valence-electron chi connectivity index (χ3n) is 3.64. The van der Waals surface area contributed by atoms with E-state index < -0.39 is 0 Å². The first-order chi connectivity index (χ1) is 8.24. The number of hydrogen-bond donors (Lipinski definition) is 0. The maximum absolute atomic E-state index is 10.6. The standard InChI is InChI=1S/C14H20N2O/c1-3-13-10-16(9-8-15(13)2)14-6-4-12(11-17)5-7-14/h4-7,11,13H,3,8-10H2,1-2H3. The van der Waals surface area contributed by atoms with Crippen LogP contribution < -0.4 is 4.90 Å². The quantitative estimate of drug-likeness (QED) is 0.745. The lowest BCUT2D eigenvalue weighted by atomic mass is 10.1. The van der Waals surface area contributed by atoms with E-state index in [0.29, 0.717) is 6.04 Å². The molecule has 1 aliphatic rings. The molecule has 0 radical (unpaired) electrons. The van der Waals surface area contributed by atoms with Crippen molar-refractivity contribution < 1.29 is 4.79 Å². The molecule has 0 bridgehead atoms. The first kappa shape index (κ1) is 12.1. The topological polar surface area (TPSA) is 23.6 Å². The van der Waals surface area contributed by atoms with Gasteiger partial charge in [0.05, 0.1) is 0 Å². The number of benzene rings is 1. The van der Waals surface area contributed by atoms with E-state index in [0.717, 1.165) is 31.5 Å². The smallest absolute Gasteiger partial charge is 0.150 e. The Kier molecular flexibility index (Phi) is 3.79. The predicted octanol–water partition coefficient (Wildman–Crippen LogP) is 2.03. The average Bonchev–Trinajstić information content (AvgIpc) is 2.39. The second-order valence-electron chi connectivity index (χ2n) is 4.70. The zero-order chi connectivity index (χ0) is 12.3. The van der Waals surface area contributed by atoms with E-state index in [1.54, 1.807) is 0 Å². The van der Waals surface area contributed by atoms with Gasteiger partial charge in [-0.1, -0.05) is 6.92 Å². The van der Waals surface area contributed by atoms with Gasteiger partial charge in [0.25, 0.3) is 0 Å². The molecule has 17 heavy (non-hydrogen) atoms. The van der Waals surface area contributed by atoms with Gasteiger partial charge in [0.15, 0.2) is 0 Å².